The molecule has 3 atom stereocenters. The molecular formula is C39H73N2O6P. The lowest BCUT2D eigenvalue weighted by Crippen LogP contribution is -2.45. The number of rotatable bonds is 35. The molecule has 48 heavy (non-hydrogen) atoms. The number of hydrogen-bond acceptors (Lipinski definition) is 6. The number of phosphoric ester groups is 1. The first kappa shape index (κ1) is 46.5. The third-order valence-electron chi connectivity index (χ3n) is 8.10. The Morgan fingerprint density at radius 2 is 1.10 bits per heavy atom. The van der Waals surface area contributed by atoms with Gasteiger partial charge in [-0.3, -0.25) is 13.8 Å². The Bertz CT molecular complexity index is 892. The van der Waals surface area contributed by atoms with Crippen molar-refractivity contribution in [3.05, 3.63) is 48.6 Å². The second-order valence-corrected chi connectivity index (χ2v) is 14.2. The number of unbranched alkanes of at least 4 members (excludes halogenated alkanes) is 17. The van der Waals surface area contributed by atoms with Gasteiger partial charge in [0.15, 0.2) is 0 Å². The highest BCUT2D eigenvalue weighted by Crippen LogP contribution is 2.43. The zero-order valence-electron chi connectivity index (χ0n) is 30.7. The van der Waals surface area contributed by atoms with Gasteiger partial charge in [-0.15, -0.1) is 0 Å². The zero-order chi connectivity index (χ0) is 35.4. The smallest absolute Gasteiger partial charge is 0.387 e. The Morgan fingerprint density at radius 3 is 1.65 bits per heavy atom. The number of aliphatic hydroxyl groups excluding tert-OH is 1. The first-order valence-electron chi connectivity index (χ1n) is 19.3. The summed E-state index contributed by atoms with van der Waals surface area (Å²) in [6.07, 6.45) is 41.6. The van der Waals surface area contributed by atoms with Crippen LogP contribution in [-0.4, -0.2) is 47.8 Å². The number of aliphatic hydroxyl groups is 1. The third-order valence-corrected chi connectivity index (χ3v) is 9.09. The minimum Gasteiger partial charge on any atom is -0.387 e. The average molecular weight is 697 g/mol. The molecule has 0 fully saturated rings. The van der Waals surface area contributed by atoms with Crippen LogP contribution in [0, 0.1) is 0 Å². The molecule has 0 saturated carbocycles. The van der Waals surface area contributed by atoms with Gasteiger partial charge in [0, 0.05) is 13.0 Å². The van der Waals surface area contributed by atoms with Crippen LogP contribution in [0.5, 0.6) is 0 Å². The number of hydrogen-bond donors (Lipinski definition) is 4. The monoisotopic (exact) mass is 697 g/mol. The van der Waals surface area contributed by atoms with Gasteiger partial charge in [0.1, 0.15) is 0 Å². The highest BCUT2D eigenvalue weighted by Gasteiger charge is 2.26. The van der Waals surface area contributed by atoms with Gasteiger partial charge in [0.25, 0.3) is 0 Å². The summed E-state index contributed by atoms with van der Waals surface area (Å²) < 4.78 is 22.0. The number of nitrogens with two attached hydrogens (primary N) is 1. The number of amides is 1. The molecule has 0 aliphatic carbocycles. The average Bonchev–Trinajstić information content (AvgIpc) is 3.07. The zero-order valence-corrected chi connectivity index (χ0v) is 31.6. The van der Waals surface area contributed by atoms with Crippen LogP contribution in [0.2, 0.25) is 0 Å². The van der Waals surface area contributed by atoms with Crippen LogP contribution in [0.3, 0.4) is 0 Å². The summed E-state index contributed by atoms with van der Waals surface area (Å²) in [5.74, 6) is -0.221. The first-order chi connectivity index (χ1) is 23.4. The van der Waals surface area contributed by atoms with Gasteiger partial charge in [-0.05, 0) is 70.6 Å². The van der Waals surface area contributed by atoms with Crippen molar-refractivity contribution in [3.63, 3.8) is 0 Å². The van der Waals surface area contributed by atoms with E-state index in [4.69, 9.17) is 14.8 Å². The fraction of sp³-hybridized carbons (Fsp3) is 0.769. The maximum absolute atomic E-state index is 12.7. The van der Waals surface area contributed by atoms with Crippen LogP contribution in [0.25, 0.3) is 0 Å². The van der Waals surface area contributed by atoms with E-state index < -0.39 is 20.0 Å². The highest BCUT2D eigenvalue weighted by atomic mass is 31.2. The van der Waals surface area contributed by atoms with Gasteiger partial charge in [0.05, 0.1) is 25.4 Å². The molecule has 0 aliphatic heterocycles. The summed E-state index contributed by atoms with van der Waals surface area (Å²) >= 11 is 0. The normalized spacial score (nSPS) is 14.9. The number of nitrogens with one attached hydrogen (secondary N) is 1. The molecular weight excluding hydrogens is 623 g/mol. The van der Waals surface area contributed by atoms with Crippen molar-refractivity contribution in [2.75, 3.05) is 19.8 Å². The second kappa shape index (κ2) is 35.3. The Labute approximate surface area is 294 Å². The molecule has 0 spiro atoms. The van der Waals surface area contributed by atoms with Crippen molar-refractivity contribution in [1.29, 1.82) is 0 Å². The lowest BCUT2D eigenvalue weighted by atomic mass is 10.1. The van der Waals surface area contributed by atoms with Crippen molar-refractivity contribution in [1.82, 2.24) is 5.32 Å². The topological polar surface area (TPSA) is 131 Å². The molecule has 0 aromatic rings. The maximum Gasteiger partial charge on any atom is 0.472 e. The van der Waals surface area contributed by atoms with E-state index in [-0.39, 0.29) is 25.7 Å². The van der Waals surface area contributed by atoms with Gasteiger partial charge in [0.2, 0.25) is 5.91 Å². The van der Waals surface area contributed by atoms with Crippen molar-refractivity contribution in [3.8, 4) is 0 Å². The molecule has 0 saturated heterocycles. The first-order valence-corrected chi connectivity index (χ1v) is 20.8. The van der Waals surface area contributed by atoms with E-state index in [0.717, 1.165) is 64.2 Å². The van der Waals surface area contributed by atoms with Gasteiger partial charge >= 0.3 is 7.82 Å². The molecule has 1 amide bonds. The fourth-order valence-electron chi connectivity index (χ4n) is 5.16. The molecule has 0 aromatic carbocycles. The van der Waals surface area contributed by atoms with Crippen LogP contribution in [0.4, 0.5) is 0 Å². The molecule has 280 valence electrons. The number of carbonyl (C=O) groups excluding carboxylic acids is 1. The largest absolute Gasteiger partial charge is 0.472 e. The van der Waals surface area contributed by atoms with Gasteiger partial charge in [-0.2, -0.15) is 0 Å². The number of allylic oxidation sites excluding steroid dienone is 7. The lowest BCUT2D eigenvalue weighted by Gasteiger charge is -2.23. The summed E-state index contributed by atoms with van der Waals surface area (Å²) in [6, 6.07) is -0.886. The van der Waals surface area contributed by atoms with Crippen LogP contribution >= 0.6 is 7.82 Å². The van der Waals surface area contributed by atoms with Crippen molar-refractivity contribution < 1.29 is 28.4 Å². The van der Waals surface area contributed by atoms with Crippen LogP contribution in [0.15, 0.2) is 48.6 Å². The molecule has 3 unspecified atom stereocenters. The minimum absolute atomic E-state index is 0.0691. The van der Waals surface area contributed by atoms with E-state index in [0.29, 0.717) is 6.42 Å². The van der Waals surface area contributed by atoms with Crippen molar-refractivity contribution in [2.45, 2.75) is 174 Å². The van der Waals surface area contributed by atoms with Crippen LogP contribution in [-0.2, 0) is 18.4 Å². The van der Waals surface area contributed by atoms with Gasteiger partial charge in [-0.25, -0.2) is 4.57 Å². The predicted octanol–water partition coefficient (Wildman–Crippen LogP) is 10.2. The van der Waals surface area contributed by atoms with Crippen molar-refractivity contribution in [2.24, 2.45) is 5.73 Å². The summed E-state index contributed by atoms with van der Waals surface area (Å²) in [7, 11) is -4.35. The third kappa shape index (κ3) is 33.0. The Kier molecular flexibility index (Phi) is 34.2. The molecule has 5 N–H and O–H groups in total. The summed E-state index contributed by atoms with van der Waals surface area (Å²) in [6.45, 7) is 4.04. The lowest BCUT2D eigenvalue weighted by molar-refractivity contribution is -0.123. The maximum atomic E-state index is 12.7. The minimum atomic E-state index is -4.35. The molecule has 0 bridgehead atoms. The van der Waals surface area contributed by atoms with Gasteiger partial charge < -0.3 is 21.1 Å². The van der Waals surface area contributed by atoms with Crippen LogP contribution in [0.1, 0.15) is 162 Å². The Balaban J connectivity index is 4.41. The fourth-order valence-corrected chi connectivity index (χ4v) is 5.92. The van der Waals surface area contributed by atoms with E-state index >= 15 is 0 Å². The molecule has 9 heteroatoms. The van der Waals surface area contributed by atoms with E-state index in [1.807, 2.05) is 6.08 Å². The molecule has 0 rings (SSSR count). The standard InChI is InChI=1S/C39H73N2O6P/c1-3-5-7-9-11-13-15-17-18-19-20-21-22-24-26-28-30-32-38(42)37(36-47-48(44,45)46-35-34-40)41-39(43)33-31-29-27-25-23-16-14-12-10-8-6-4-2/h12,14,18-19,22,24,30,32,37-38,42H,3-11,13,15-17,20-21,23,25-29,31,33-36,40H2,1-2H3,(H,41,43)(H,44,45)/b14-12-,19-18+,24-22+,32-30+. The van der Waals surface area contributed by atoms with Crippen LogP contribution < -0.4 is 11.1 Å². The van der Waals surface area contributed by atoms with E-state index in [2.05, 4.69) is 55.6 Å². The second-order valence-electron chi connectivity index (χ2n) is 12.8. The van der Waals surface area contributed by atoms with E-state index in [9.17, 15) is 19.4 Å². The Morgan fingerprint density at radius 1 is 0.667 bits per heavy atom. The summed E-state index contributed by atoms with van der Waals surface area (Å²) in [5.41, 5.74) is 5.35. The molecule has 0 heterocycles. The molecule has 8 nitrogen and oxygen atoms in total. The van der Waals surface area contributed by atoms with E-state index in [1.54, 1.807) is 6.08 Å². The Hall–Kier alpha value is -1.54. The van der Waals surface area contributed by atoms with Gasteiger partial charge in [-0.1, -0.05) is 133 Å². The SMILES string of the molecule is CCCCC/C=C\CCCCCCCC(=O)NC(COP(=O)(O)OCCN)C(O)/C=C/CC/C=C/CC/C=C/CCCCCCCCC. The van der Waals surface area contributed by atoms with E-state index in [1.165, 1.54) is 77.0 Å². The molecule has 0 aliphatic rings. The summed E-state index contributed by atoms with van der Waals surface area (Å²) in [5, 5.41) is 13.6. The molecule has 0 radical (unpaired) electrons. The molecule has 0 aromatic heterocycles. The number of carbonyl (C=O) groups is 1. The quantitative estimate of drug-likeness (QED) is 0.0295. The number of phosphoric acid groups is 1. The predicted molar refractivity (Wildman–Crippen MR) is 203 cm³/mol. The van der Waals surface area contributed by atoms with Crippen molar-refractivity contribution >= 4 is 13.7 Å². The summed E-state index contributed by atoms with van der Waals surface area (Å²) in [4.78, 5) is 22.6. The highest BCUT2D eigenvalue weighted by molar-refractivity contribution is 7.47.